The van der Waals surface area contributed by atoms with E-state index in [0.717, 1.165) is 12.1 Å². The highest BCUT2D eigenvalue weighted by molar-refractivity contribution is 7.80. The molecule has 1 fully saturated rings. The number of carbonyl (C=O) groups is 1. The van der Waals surface area contributed by atoms with E-state index in [1.807, 2.05) is 42.3 Å². The van der Waals surface area contributed by atoms with Gasteiger partial charge in [-0.3, -0.25) is 4.79 Å². The molecule has 4 heteroatoms. The average Bonchev–Trinajstić information content (AvgIpc) is 2.97. The molecule has 1 aromatic rings. The highest BCUT2D eigenvalue weighted by Gasteiger charge is 2.27. The Morgan fingerprint density at radius 1 is 1.33 bits per heavy atom. The number of carbonyl (C=O) groups excluding carboxylic acids is 1. The van der Waals surface area contributed by atoms with Gasteiger partial charge in [-0.2, -0.15) is 0 Å². The van der Waals surface area contributed by atoms with Crippen LogP contribution in [0.3, 0.4) is 0 Å². The van der Waals surface area contributed by atoms with E-state index in [0.29, 0.717) is 17.3 Å². The van der Waals surface area contributed by atoms with E-state index in [4.69, 9.17) is 18.0 Å². The van der Waals surface area contributed by atoms with Crippen molar-refractivity contribution in [3.8, 4) is 0 Å². The molecular weight excluding hydrogens is 280 g/mol. The lowest BCUT2D eigenvalue weighted by molar-refractivity contribution is -0.132. The SMILES string of the molecule is CN(CC1CCCC1)C(=O)C(Cc1ccccc1)C(N)=S. The monoisotopic (exact) mass is 304 g/mol. The van der Waals surface area contributed by atoms with Crippen LogP contribution in [-0.2, 0) is 11.2 Å². The normalized spacial score (nSPS) is 16.6. The molecule has 3 nitrogen and oxygen atoms in total. The van der Waals surface area contributed by atoms with Crippen molar-refractivity contribution in [1.29, 1.82) is 0 Å². The lowest BCUT2D eigenvalue weighted by Crippen LogP contribution is -2.42. The summed E-state index contributed by atoms with van der Waals surface area (Å²) in [6, 6.07) is 9.93. The van der Waals surface area contributed by atoms with Crippen LogP contribution in [0.15, 0.2) is 30.3 Å². The molecule has 1 amide bonds. The Bertz CT molecular complexity index is 483. The van der Waals surface area contributed by atoms with E-state index >= 15 is 0 Å². The van der Waals surface area contributed by atoms with E-state index in [2.05, 4.69) is 0 Å². The molecule has 1 atom stereocenters. The van der Waals surface area contributed by atoms with Crippen LogP contribution in [0.4, 0.5) is 0 Å². The van der Waals surface area contributed by atoms with Gasteiger partial charge in [0.25, 0.3) is 0 Å². The number of rotatable bonds is 6. The summed E-state index contributed by atoms with van der Waals surface area (Å²) in [5, 5.41) is 0. The first-order valence-corrected chi connectivity index (χ1v) is 8.07. The van der Waals surface area contributed by atoms with Gasteiger partial charge in [0.1, 0.15) is 0 Å². The van der Waals surface area contributed by atoms with E-state index in [-0.39, 0.29) is 5.91 Å². The van der Waals surface area contributed by atoms with Crippen molar-refractivity contribution in [3.05, 3.63) is 35.9 Å². The standard InChI is InChI=1S/C17H24N2OS/c1-19(12-14-9-5-6-10-14)17(20)15(16(18)21)11-13-7-3-2-4-8-13/h2-4,7-8,14-15H,5-6,9-12H2,1H3,(H2,18,21). The van der Waals surface area contributed by atoms with Crippen molar-refractivity contribution in [3.63, 3.8) is 0 Å². The smallest absolute Gasteiger partial charge is 0.232 e. The first-order chi connectivity index (χ1) is 10.1. The molecule has 1 saturated carbocycles. The van der Waals surface area contributed by atoms with Gasteiger partial charge < -0.3 is 10.6 Å². The maximum atomic E-state index is 12.6. The van der Waals surface area contributed by atoms with Gasteiger partial charge in [-0.05, 0) is 30.7 Å². The minimum atomic E-state index is -0.395. The molecule has 0 saturated heterocycles. The lowest BCUT2D eigenvalue weighted by Gasteiger charge is -2.25. The van der Waals surface area contributed by atoms with E-state index in [9.17, 15) is 4.79 Å². The molecule has 1 aliphatic carbocycles. The first-order valence-electron chi connectivity index (χ1n) is 7.66. The Balaban J connectivity index is 1.99. The zero-order valence-electron chi connectivity index (χ0n) is 12.6. The first kappa shape index (κ1) is 16.0. The summed E-state index contributed by atoms with van der Waals surface area (Å²) in [4.78, 5) is 14.8. The summed E-state index contributed by atoms with van der Waals surface area (Å²) in [6.45, 7) is 0.826. The van der Waals surface area contributed by atoms with Gasteiger partial charge in [0, 0.05) is 13.6 Å². The van der Waals surface area contributed by atoms with Crippen LogP contribution in [0.1, 0.15) is 31.2 Å². The van der Waals surface area contributed by atoms with E-state index in [1.54, 1.807) is 0 Å². The summed E-state index contributed by atoms with van der Waals surface area (Å²) in [7, 11) is 1.87. The minimum absolute atomic E-state index is 0.0539. The van der Waals surface area contributed by atoms with Crippen molar-refractivity contribution in [2.45, 2.75) is 32.1 Å². The largest absolute Gasteiger partial charge is 0.393 e. The van der Waals surface area contributed by atoms with Crippen LogP contribution in [0, 0.1) is 11.8 Å². The van der Waals surface area contributed by atoms with Crippen molar-refractivity contribution >= 4 is 23.1 Å². The molecule has 0 spiro atoms. The fourth-order valence-corrected chi connectivity index (χ4v) is 3.28. The molecule has 0 bridgehead atoms. The topological polar surface area (TPSA) is 46.3 Å². The number of thiocarbonyl (C=S) groups is 1. The Morgan fingerprint density at radius 2 is 1.95 bits per heavy atom. The summed E-state index contributed by atoms with van der Waals surface area (Å²) >= 11 is 5.12. The zero-order chi connectivity index (χ0) is 15.2. The van der Waals surface area contributed by atoms with Crippen LogP contribution in [0.25, 0.3) is 0 Å². The molecular formula is C17H24N2OS. The summed E-state index contributed by atoms with van der Waals surface area (Å²) in [5.41, 5.74) is 6.91. The predicted molar refractivity (Wildman–Crippen MR) is 90.0 cm³/mol. The minimum Gasteiger partial charge on any atom is -0.393 e. The maximum absolute atomic E-state index is 12.6. The quantitative estimate of drug-likeness (QED) is 0.822. The Labute approximate surface area is 132 Å². The predicted octanol–water partition coefficient (Wildman–Crippen LogP) is 2.78. The average molecular weight is 304 g/mol. The molecule has 0 aliphatic heterocycles. The Kier molecular flexibility index (Phi) is 5.74. The van der Waals surface area contributed by atoms with Gasteiger partial charge in [0.15, 0.2) is 0 Å². The zero-order valence-corrected chi connectivity index (χ0v) is 13.4. The second-order valence-corrected chi connectivity index (χ2v) is 6.49. The van der Waals surface area contributed by atoms with Gasteiger partial charge in [0.05, 0.1) is 10.9 Å². The molecule has 1 aliphatic rings. The highest BCUT2D eigenvalue weighted by atomic mass is 32.1. The van der Waals surface area contributed by atoms with Crippen LogP contribution >= 0.6 is 12.2 Å². The van der Waals surface area contributed by atoms with E-state index in [1.165, 1.54) is 25.7 Å². The number of amides is 1. The van der Waals surface area contributed by atoms with Crippen molar-refractivity contribution in [2.24, 2.45) is 17.6 Å². The molecule has 1 unspecified atom stereocenters. The number of hydrogen-bond donors (Lipinski definition) is 1. The van der Waals surface area contributed by atoms with Crippen LogP contribution < -0.4 is 5.73 Å². The van der Waals surface area contributed by atoms with Gasteiger partial charge >= 0.3 is 0 Å². The van der Waals surface area contributed by atoms with Gasteiger partial charge in [-0.1, -0.05) is 55.4 Å². The number of hydrogen-bond acceptors (Lipinski definition) is 2. The molecule has 1 aromatic carbocycles. The molecule has 0 aromatic heterocycles. The van der Waals surface area contributed by atoms with Crippen molar-refractivity contribution < 1.29 is 4.79 Å². The number of benzene rings is 1. The van der Waals surface area contributed by atoms with Gasteiger partial charge in [0.2, 0.25) is 5.91 Å². The van der Waals surface area contributed by atoms with Crippen molar-refractivity contribution in [2.75, 3.05) is 13.6 Å². The molecule has 114 valence electrons. The lowest BCUT2D eigenvalue weighted by atomic mass is 9.97. The molecule has 21 heavy (non-hydrogen) atoms. The Hall–Kier alpha value is -1.42. The van der Waals surface area contributed by atoms with Crippen LogP contribution in [0.2, 0.25) is 0 Å². The third kappa shape index (κ3) is 4.53. The highest BCUT2D eigenvalue weighted by Crippen LogP contribution is 2.25. The van der Waals surface area contributed by atoms with Crippen molar-refractivity contribution in [1.82, 2.24) is 4.90 Å². The Morgan fingerprint density at radius 3 is 2.52 bits per heavy atom. The molecule has 2 rings (SSSR count). The second-order valence-electron chi connectivity index (χ2n) is 6.01. The molecule has 0 radical (unpaired) electrons. The fraction of sp³-hybridized carbons (Fsp3) is 0.529. The summed E-state index contributed by atoms with van der Waals surface area (Å²) in [5.74, 6) is 0.301. The third-order valence-corrected chi connectivity index (χ3v) is 4.59. The van der Waals surface area contributed by atoms with E-state index < -0.39 is 5.92 Å². The second kappa shape index (κ2) is 7.55. The van der Waals surface area contributed by atoms with Crippen LogP contribution in [0.5, 0.6) is 0 Å². The number of nitrogens with two attached hydrogens (primary N) is 1. The van der Waals surface area contributed by atoms with Gasteiger partial charge in [-0.25, -0.2) is 0 Å². The maximum Gasteiger partial charge on any atom is 0.232 e. The number of nitrogens with zero attached hydrogens (tertiary/aromatic N) is 1. The summed E-state index contributed by atoms with van der Waals surface area (Å²) in [6.07, 6.45) is 5.62. The van der Waals surface area contributed by atoms with Crippen LogP contribution in [-0.4, -0.2) is 29.4 Å². The molecule has 0 heterocycles. The van der Waals surface area contributed by atoms with Gasteiger partial charge in [-0.15, -0.1) is 0 Å². The fourth-order valence-electron chi connectivity index (χ4n) is 3.10. The third-order valence-electron chi connectivity index (χ3n) is 4.31. The molecule has 2 N–H and O–H groups in total. The summed E-state index contributed by atoms with van der Waals surface area (Å²) < 4.78 is 0.